The summed E-state index contributed by atoms with van der Waals surface area (Å²) in [6.07, 6.45) is 0. The Morgan fingerprint density at radius 2 is 1.95 bits per heavy atom. The van der Waals surface area contributed by atoms with Crippen LogP contribution in [0.2, 0.25) is 0 Å². The molecule has 0 saturated carbocycles. The number of esters is 1. The Labute approximate surface area is 120 Å². The molecule has 0 unspecified atom stereocenters. The minimum Gasteiger partial charge on any atom is -0.452 e. The SMILES string of the molecule is C=C(C)CN(CC)C(=O)COC(=O)c1ccccc1C. The number of hydrogen-bond donors (Lipinski definition) is 0. The summed E-state index contributed by atoms with van der Waals surface area (Å²) < 4.78 is 5.08. The van der Waals surface area contributed by atoms with E-state index in [1.165, 1.54) is 0 Å². The van der Waals surface area contributed by atoms with Crippen molar-refractivity contribution < 1.29 is 14.3 Å². The molecule has 1 aromatic carbocycles. The Kier molecular flexibility index (Phi) is 5.97. The summed E-state index contributed by atoms with van der Waals surface area (Å²) in [6.45, 7) is 10.1. The van der Waals surface area contributed by atoms with Crippen LogP contribution in [0.1, 0.15) is 29.8 Å². The molecule has 0 aliphatic carbocycles. The van der Waals surface area contributed by atoms with Gasteiger partial charge in [0, 0.05) is 13.1 Å². The standard InChI is InChI=1S/C16H21NO3/c1-5-17(10-12(2)3)15(18)11-20-16(19)14-9-7-6-8-13(14)4/h6-9H,2,5,10-11H2,1,3-4H3. The topological polar surface area (TPSA) is 46.6 Å². The van der Waals surface area contributed by atoms with Gasteiger partial charge in [-0.2, -0.15) is 0 Å². The molecule has 1 rings (SSSR count). The van der Waals surface area contributed by atoms with Crippen molar-refractivity contribution in [3.63, 3.8) is 0 Å². The zero-order chi connectivity index (χ0) is 15.1. The molecule has 0 atom stereocenters. The van der Waals surface area contributed by atoms with Gasteiger partial charge in [0.05, 0.1) is 5.56 Å². The molecular weight excluding hydrogens is 254 g/mol. The number of amides is 1. The maximum atomic E-state index is 11.9. The molecule has 0 aromatic heterocycles. The highest BCUT2D eigenvalue weighted by Gasteiger charge is 2.16. The van der Waals surface area contributed by atoms with Crippen LogP contribution in [0.4, 0.5) is 0 Å². The third-order valence-electron chi connectivity index (χ3n) is 2.89. The lowest BCUT2D eigenvalue weighted by Crippen LogP contribution is -2.35. The number of ether oxygens (including phenoxy) is 1. The van der Waals surface area contributed by atoms with Gasteiger partial charge < -0.3 is 9.64 Å². The van der Waals surface area contributed by atoms with E-state index >= 15 is 0 Å². The molecule has 0 bridgehead atoms. The van der Waals surface area contributed by atoms with Gasteiger partial charge in [0.15, 0.2) is 6.61 Å². The van der Waals surface area contributed by atoms with Crippen molar-refractivity contribution in [2.75, 3.05) is 19.7 Å². The third kappa shape index (κ3) is 4.53. The predicted octanol–water partition coefficient (Wildman–Crippen LogP) is 2.58. The van der Waals surface area contributed by atoms with Gasteiger partial charge in [0.1, 0.15) is 0 Å². The number of benzene rings is 1. The summed E-state index contributed by atoms with van der Waals surface area (Å²) in [4.78, 5) is 25.4. The average Bonchev–Trinajstić information content (AvgIpc) is 2.42. The van der Waals surface area contributed by atoms with E-state index < -0.39 is 5.97 Å². The third-order valence-corrected chi connectivity index (χ3v) is 2.89. The first-order valence-corrected chi connectivity index (χ1v) is 6.60. The summed E-state index contributed by atoms with van der Waals surface area (Å²) in [6, 6.07) is 7.14. The zero-order valence-corrected chi connectivity index (χ0v) is 12.3. The Morgan fingerprint density at radius 1 is 1.30 bits per heavy atom. The molecule has 108 valence electrons. The first-order chi connectivity index (χ1) is 9.45. The lowest BCUT2D eigenvalue weighted by atomic mass is 10.1. The maximum absolute atomic E-state index is 11.9. The number of rotatable bonds is 6. The molecule has 0 heterocycles. The lowest BCUT2D eigenvalue weighted by Gasteiger charge is -2.20. The van der Waals surface area contributed by atoms with Crippen molar-refractivity contribution in [3.05, 3.63) is 47.5 Å². The smallest absolute Gasteiger partial charge is 0.338 e. The molecule has 0 fully saturated rings. The number of carbonyl (C=O) groups excluding carboxylic acids is 2. The molecule has 0 aliphatic heterocycles. The van der Waals surface area contributed by atoms with Crippen molar-refractivity contribution in [3.8, 4) is 0 Å². The summed E-state index contributed by atoms with van der Waals surface area (Å²) in [5.41, 5.74) is 2.22. The van der Waals surface area contributed by atoms with Gasteiger partial charge in [-0.1, -0.05) is 30.4 Å². The summed E-state index contributed by atoms with van der Waals surface area (Å²) in [7, 11) is 0. The van der Waals surface area contributed by atoms with Crippen molar-refractivity contribution in [2.24, 2.45) is 0 Å². The second kappa shape index (κ2) is 7.48. The van der Waals surface area contributed by atoms with Crippen LogP contribution < -0.4 is 0 Å². The molecular formula is C16H21NO3. The molecule has 0 N–H and O–H groups in total. The van der Waals surface area contributed by atoms with Gasteiger partial charge in [-0.3, -0.25) is 4.79 Å². The van der Waals surface area contributed by atoms with Gasteiger partial charge in [0.25, 0.3) is 5.91 Å². The molecule has 0 spiro atoms. The van der Waals surface area contributed by atoms with Crippen molar-refractivity contribution >= 4 is 11.9 Å². The highest BCUT2D eigenvalue weighted by atomic mass is 16.5. The molecule has 4 nitrogen and oxygen atoms in total. The fourth-order valence-electron chi connectivity index (χ4n) is 1.80. The zero-order valence-electron chi connectivity index (χ0n) is 12.3. The Hall–Kier alpha value is -2.10. The molecule has 1 amide bonds. The van der Waals surface area contributed by atoms with E-state index in [9.17, 15) is 9.59 Å². The van der Waals surface area contributed by atoms with E-state index in [2.05, 4.69) is 6.58 Å². The Morgan fingerprint density at radius 3 is 2.50 bits per heavy atom. The van der Waals surface area contributed by atoms with E-state index in [0.717, 1.165) is 11.1 Å². The minimum absolute atomic E-state index is 0.211. The van der Waals surface area contributed by atoms with Crippen molar-refractivity contribution in [1.29, 1.82) is 0 Å². The monoisotopic (exact) mass is 275 g/mol. The first-order valence-electron chi connectivity index (χ1n) is 6.60. The quantitative estimate of drug-likeness (QED) is 0.592. The van der Waals surface area contributed by atoms with Gasteiger partial charge in [0.2, 0.25) is 0 Å². The average molecular weight is 275 g/mol. The second-order valence-corrected chi connectivity index (χ2v) is 4.76. The summed E-state index contributed by atoms with van der Waals surface area (Å²) in [5.74, 6) is -0.680. The summed E-state index contributed by atoms with van der Waals surface area (Å²) in [5, 5.41) is 0. The van der Waals surface area contributed by atoms with Crippen LogP contribution in [-0.4, -0.2) is 36.5 Å². The van der Waals surface area contributed by atoms with E-state index in [1.54, 1.807) is 17.0 Å². The van der Waals surface area contributed by atoms with E-state index in [4.69, 9.17) is 4.74 Å². The number of aryl methyl sites for hydroxylation is 1. The molecule has 0 aliphatic rings. The van der Waals surface area contributed by atoms with Crippen LogP contribution in [0.5, 0.6) is 0 Å². The lowest BCUT2D eigenvalue weighted by molar-refractivity contribution is -0.133. The Balaban J connectivity index is 2.58. The van der Waals surface area contributed by atoms with Gasteiger partial charge in [-0.25, -0.2) is 4.79 Å². The van der Waals surface area contributed by atoms with Crippen LogP contribution in [-0.2, 0) is 9.53 Å². The second-order valence-electron chi connectivity index (χ2n) is 4.76. The van der Waals surface area contributed by atoms with Crippen LogP contribution in [0.15, 0.2) is 36.4 Å². The fourth-order valence-corrected chi connectivity index (χ4v) is 1.80. The minimum atomic E-state index is -0.470. The largest absolute Gasteiger partial charge is 0.452 e. The van der Waals surface area contributed by atoms with Crippen molar-refractivity contribution in [1.82, 2.24) is 4.90 Å². The molecule has 0 saturated heterocycles. The molecule has 1 aromatic rings. The van der Waals surface area contributed by atoms with E-state index in [0.29, 0.717) is 18.7 Å². The Bertz CT molecular complexity index is 508. The van der Waals surface area contributed by atoms with Gasteiger partial charge >= 0.3 is 5.97 Å². The fraction of sp³-hybridized carbons (Fsp3) is 0.375. The number of likely N-dealkylation sites (N-methyl/N-ethyl adjacent to an activating group) is 1. The van der Waals surface area contributed by atoms with Crippen LogP contribution in [0.3, 0.4) is 0 Å². The highest BCUT2D eigenvalue weighted by Crippen LogP contribution is 2.08. The van der Waals surface area contributed by atoms with Gasteiger partial charge in [-0.15, -0.1) is 0 Å². The summed E-state index contributed by atoms with van der Waals surface area (Å²) >= 11 is 0. The maximum Gasteiger partial charge on any atom is 0.338 e. The molecule has 0 radical (unpaired) electrons. The normalized spacial score (nSPS) is 9.95. The van der Waals surface area contributed by atoms with Gasteiger partial charge in [-0.05, 0) is 32.4 Å². The van der Waals surface area contributed by atoms with Crippen LogP contribution in [0.25, 0.3) is 0 Å². The van der Waals surface area contributed by atoms with E-state index in [1.807, 2.05) is 32.9 Å². The number of nitrogens with zero attached hydrogens (tertiary/aromatic N) is 1. The predicted molar refractivity (Wildman–Crippen MR) is 78.5 cm³/mol. The number of carbonyl (C=O) groups is 2. The molecule has 20 heavy (non-hydrogen) atoms. The van der Waals surface area contributed by atoms with Crippen LogP contribution >= 0.6 is 0 Å². The molecule has 4 heteroatoms. The van der Waals surface area contributed by atoms with Crippen molar-refractivity contribution in [2.45, 2.75) is 20.8 Å². The first kappa shape index (κ1) is 16.0. The van der Waals surface area contributed by atoms with Crippen LogP contribution in [0, 0.1) is 6.92 Å². The number of hydrogen-bond acceptors (Lipinski definition) is 3. The highest BCUT2D eigenvalue weighted by molar-refractivity contribution is 5.92. The van der Waals surface area contributed by atoms with E-state index in [-0.39, 0.29) is 12.5 Å².